The summed E-state index contributed by atoms with van der Waals surface area (Å²) in [5.74, 6) is 1.64. The Balaban J connectivity index is 1.57. The highest BCUT2D eigenvalue weighted by molar-refractivity contribution is 5.59. The fourth-order valence-corrected chi connectivity index (χ4v) is 3.67. The van der Waals surface area contributed by atoms with Gasteiger partial charge in [-0.1, -0.05) is 36.8 Å². The number of fused-ring (bicyclic) bond motifs is 1. The Hall–Kier alpha value is -2.47. The Kier molecular flexibility index (Phi) is 4.13. The van der Waals surface area contributed by atoms with E-state index >= 15 is 0 Å². The van der Waals surface area contributed by atoms with E-state index in [1.807, 2.05) is 47.0 Å². The summed E-state index contributed by atoms with van der Waals surface area (Å²) in [4.78, 5) is 2.28. The van der Waals surface area contributed by atoms with E-state index in [0.29, 0.717) is 5.41 Å². The van der Waals surface area contributed by atoms with Crippen LogP contribution in [0.3, 0.4) is 0 Å². The van der Waals surface area contributed by atoms with Crippen molar-refractivity contribution in [2.45, 2.75) is 19.3 Å². The highest BCUT2D eigenvalue weighted by Crippen LogP contribution is 2.41. The summed E-state index contributed by atoms with van der Waals surface area (Å²) >= 11 is 0. The Morgan fingerprint density at radius 1 is 1.08 bits per heavy atom. The van der Waals surface area contributed by atoms with Crippen molar-refractivity contribution in [1.29, 1.82) is 0 Å². The molecule has 0 radical (unpaired) electrons. The molecular formula is C19H24N6. The van der Waals surface area contributed by atoms with Crippen LogP contribution in [0.2, 0.25) is 0 Å². The van der Waals surface area contributed by atoms with Crippen molar-refractivity contribution < 1.29 is 0 Å². The van der Waals surface area contributed by atoms with Crippen molar-refractivity contribution in [2.75, 3.05) is 32.5 Å². The molecule has 0 unspecified atom stereocenters. The molecule has 0 bridgehead atoms. The largest absolute Gasteiger partial charge is 0.368 e. The Bertz CT molecular complexity index is 851. The number of anilines is 1. The molecule has 1 saturated carbocycles. The summed E-state index contributed by atoms with van der Waals surface area (Å²) in [6, 6.07) is 14.0. The van der Waals surface area contributed by atoms with Gasteiger partial charge in [0.2, 0.25) is 0 Å². The first-order valence-electron chi connectivity index (χ1n) is 8.82. The third-order valence-corrected chi connectivity index (χ3v) is 5.01. The van der Waals surface area contributed by atoms with Crippen LogP contribution in [-0.2, 0) is 0 Å². The Labute approximate surface area is 147 Å². The molecule has 1 aliphatic carbocycles. The smallest absolute Gasteiger partial charge is 0.185 e. The summed E-state index contributed by atoms with van der Waals surface area (Å²) in [7, 11) is 4.29. The van der Waals surface area contributed by atoms with Crippen LogP contribution in [0.4, 0.5) is 5.82 Å². The summed E-state index contributed by atoms with van der Waals surface area (Å²) in [6.07, 6.45) is 3.89. The zero-order chi connectivity index (χ0) is 17.3. The maximum Gasteiger partial charge on any atom is 0.185 e. The SMILES string of the molecule is CN(C)CC1(CNc2ccc3nnc(-c4ccccc4)n3n2)CCC1. The van der Waals surface area contributed by atoms with Gasteiger partial charge in [0.15, 0.2) is 11.5 Å². The van der Waals surface area contributed by atoms with E-state index in [-0.39, 0.29) is 0 Å². The molecule has 0 amide bonds. The van der Waals surface area contributed by atoms with Gasteiger partial charge < -0.3 is 10.2 Å². The van der Waals surface area contributed by atoms with Crippen LogP contribution in [0, 0.1) is 5.41 Å². The van der Waals surface area contributed by atoms with E-state index in [4.69, 9.17) is 5.10 Å². The number of hydrogen-bond donors (Lipinski definition) is 1. The molecule has 0 saturated heterocycles. The Morgan fingerprint density at radius 3 is 2.56 bits per heavy atom. The number of benzene rings is 1. The van der Waals surface area contributed by atoms with Gasteiger partial charge in [-0.2, -0.15) is 4.52 Å². The lowest BCUT2D eigenvalue weighted by atomic mass is 9.68. The number of aromatic nitrogens is 4. The molecule has 6 nitrogen and oxygen atoms in total. The van der Waals surface area contributed by atoms with Crippen LogP contribution in [0.15, 0.2) is 42.5 Å². The topological polar surface area (TPSA) is 58.3 Å². The van der Waals surface area contributed by atoms with Crippen LogP contribution in [0.1, 0.15) is 19.3 Å². The fraction of sp³-hybridized carbons (Fsp3) is 0.421. The summed E-state index contributed by atoms with van der Waals surface area (Å²) < 4.78 is 1.82. The van der Waals surface area contributed by atoms with Gasteiger partial charge in [-0.25, -0.2) is 0 Å². The maximum atomic E-state index is 4.72. The van der Waals surface area contributed by atoms with E-state index < -0.39 is 0 Å². The average Bonchev–Trinajstić information content (AvgIpc) is 3.01. The fourth-order valence-electron chi connectivity index (χ4n) is 3.67. The molecule has 25 heavy (non-hydrogen) atoms. The van der Waals surface area contributed by atoms with Crippen LogP contribution in [0.25, 0.3) is 17.0 Å². The standard InChI is InChI=1S/C19H24N6/c1-24(2)14-19(11-6-12-19)13-20-16-9-10-17-21-22-18(25(17)23-16)15-7-4-3-5-8-15/h3-5,7-10H,6,11-14H2,1-2H3,(H,20,23). The van der Waals surface area contributed by atoms with Gasteiger partial charge in [0.05, 0.1) is 0 Å². The molecule has 3 aromatic rings. The predicted octanol–water partition coefficient (Wildman–Crippen LogP) is 2.94. The first-order chi connectivity index (χ1) is 12.2. The second kappa shape index (κ2) is 6.44. The molecule has 0 spiro atoms. The quantitative estimate of drug-likeness (QED) is 0.750. The van der Waals surface area contributed by atoms with Crippen molar-refractivity contribution in [3.05, 3.63) is 42.5 Å². The van der Waals surface area contributed by atoms with Crippen molar-refractivity contribution >= 4 is 11.5 Å². The minimum atomic E-state index is 0.371. The molecule has 2 aromatic heterocycles. The minimum absolute atomic E-state index is 0.371. The predicted molar refractivity (Wildman–Crippen MR) is 99.5 cm³/mol. The maximum absolute atomic E-state index is 4.72. The van der Waals surface area contributed by atoms with E-state index in [0.717, 1.165) is 35.9 Å². The molecule has 6 heteroatoms. The lowest BCUT2D eigenvalue weighted by Gasteiger charge is -2.44. The molecule has 4 rings (SSSR count). The van der Waals surface area contributed by atoms with Crippen LogP contribution >= 0.6 is 0 Å². The van der Waals surface area contributed by atoms with Crippen LogP contribution in [0.5, 0.6) is 0 Å². The third-order valence-electron chi connectivity index (χ3n) is 5.01. The third kappa shape index (κ3) is 3.22. The number of rotatable bonds is 6. The van der Waals surface area contributed by atoms with Gasteiger partial charge in [0.25, 0.3) is 0 Å². The molecule has 0 atom stereocenters. The monoisotopic (exact) mass is 336 g/mol. The first kappa shape index (κ1) is 16.0. The molecule has 0 aliphatic heterocycles. The van der Waals surface area contributed by atoms with E-state index in [1.165, 1.54) is 19.3 Å². The van der Waals surface area contributed by atoms with Gasteiger partial charge in [-0.3, -0.25) is 0 Å². The summed E-state index contributed by atoms with van der Waals surface area (Å²) in [5, 5.41) is 16.8. The molecular weight excluding hydrogens is 312 g/mol. The minimum Gasteiger partial charge on any atom is -0.368 e. The lowest BCUT2D eigenvalue weighted by Crippen LogP contribution is -2.44. The molecule has 1 fully saturated rings. The van der Waals surface area contributed by atoms with E-state index in [1.54, 1.807) is 0 Å². The molecule has 1 N–H and O–H groups in total. The van der Waals surface area contributed by atoms with Gasteiger partial charge in [0, 0.05) is 24.1 Å². The Morgan fingerprint density at radius 2 is 1.88 bits per heavy atom. The second-order valence-corrected chi connectivity index (χ2v) is 7.32. The summed E-state index contributed by atoms with van der Waals surface area (Å²) in [6.45, 7) is 2.07. The van der Waals surface area contributed by atoms with Crippen LogP contribution < -0.4 is 5.32 Å². The molecule has 130 valence electrons. The average molecular weight is 336 g/mol. The van der Waals surface area contributed by atoms with Gasteiger partial charge in [-0.05, 0) is 39.1 Å². The summed E-state index contributed by atoms with van der Waals surface area (Å²) in [5.41, 5.74) is 2.15. The van der Waals surface area contributed by atoms with Crippen molar-refractivity contribution in [3.8, 4) is 11.4 Å². The molecule has 2 heterocycles. The zero-order valence-corrected chi connectivity index (χ0v) is 14.8. The van der Waals surface area contributed by atoms with Crippen molar-refractivity contribution in [2.24, 2.45) is 5.41 Å². The highest BCUT2D eigenvalue weighted by atomic mass is 15.4. The van der Waals surface area contributed by atoms with Crippen molar-refractivity contribution in [3.63, 3.8) is 0 Å². The molecule has 1 aliphatic rings. The zero-order valence-electron chi connectivity index (χ0n) is 14.8. The van der Waals surface area contributed by atoms with Gasteiger partial charge in [-0.15, -0.1) is 15.3 Å². The first-order valence-corrected chi connectivity index (χ1v) is 8.82. The van der Waals surface area contributed by atoms with Crippen LogP contribution in [-0.4, -0.2) is 51.9 Å². The second-order valence-electron chi connectivity index (χ2n) is 7.32. The number of hydrogen-bond acceptors (Lipinski definition) is 5. The lowest BCUT2D eigenvalue weighted by molar-refractivity contribution is 0.104. The highest BCUT2D eigenvalue weighted by Gasteiger charge is 2.37. The normalized spacial score (nSPS) is 16.1. The van der Waals surface area contributed by atoms with Gasteiger partial charge >= 0.3 is 0 Å². The number of nitrogens with one attached hydrogen (secondary N) is 1. The molecule has 1 aromatic carbocycles. The van der Waals surface area contributed by atoms with Crippen molar-refractivity contribution in [1.82, 2.24) is 24.7 Å². The van der Waals surface area contributed by atoms with Gasteiger partial charge in [0.1, 0.15) is 5.82 Å². The van der Waals surface area contributed by atoms with E-state index in [2.05, 4.69) is 34.5 Å². The van der Waals surface area contributed by atoms with E-state index in [9.17, 15) is 0 Å². The number of nitrogens with zero attached hydrogens (tertiary/aromatic N) is 5.